The van der Waals surface area contributed by atoms with Crippen molar-refractivity contribution in [1.82, 2.24) is 0 Å². The number of benzene rings is 3. The molecule has 176 valence electrons. The molecule has 4 aromatic rings. The second-order valence-corrected chi connectivity index (χ2v) is 8.02. The summed E-state index contributed by atoms with van der Waals surface area (Å²) in [5, 5.41) is 0.412. The Kier molecular flexibility index (Phi) is 5.82. The molecule has 0 saturated heterocycles. The Bertz CT molecular complexity index is 1470. The second kappa shape index (κ2) is 9.10. The molecule has 1 amide bonds. The predicted octanol–water partition coefficient (Wildman–Crippen LogP) is 5.12. The Morgan fingerprint density at radius 1 is 0.914 bits per heavy atom. The molecule has 1 aliphatic rings. The SMILES string of the molecule is CCOC(=O)c1ccc(N2C(=O)c3oc4ccccc4c(=O)c3C2c2ccc(OCC)cc2)cc1. The van der Waals surface area contributed by atoms with Gasteiger partial charge in [-0.2, -0.15) is 0 Å². The van der Waals surface area contributed by atoms with Gasteiger partial charge in [0.25, 0.3) is 5.91 Å². The van der Waals surface area contributed by atoms with Gasteiger partial charge in [0.1, 0.15) is 11.3 Å². The summed E-state index contributed by atoms with van der Waals surface area (Å²) in [5.41, 5.74) is 2.02. The van der Waals surface area contributed by atoms with E-state index in [4.69, 9.17) is 13.9 Å². The highest BCUT2D eigenvalue weighted by Gasteiger charge is 2.43. The number of hydrogen-bond acceptors (Lipinski definition) is 6. The van der Waals surface area contributed by atoms with Crippen molar-refractivity contribution in [3.63, 3.8) is 0 Å². The van der Waals surface area contributed by atoms with E-state index in [1.807, 2.05) is 31.2 Å². The van der Waals surface area contributed by atoms with Gasteiger partial charge < -0.3 is 13.9 Å². The Morgan fingerprint density at radius 3 is 2.31 bits per heavy atom. The van der Waals surface area contributed by atoms with Gasteiger partial charge in [0.05, 0.1) is 35.8 Å². The van der Waals surface area contributed by atoms with Gasteiger partial charge in [0, 0.05) is 5.69 Å². The van der Waals surface area contributed by atoms with Crippen LogP contribution in [0.5, 0.6) is 5.75 Å². The van der Waals surface area contributed by atoms with E-state index in [0.29, 0.717) is 34.6 Å². The first-order valence-electron chi connectivity index (χ1n) is 11.4. The van der Waals surface area contributed by atoms with Crippen LogP contribution >= 0.6 is 0 Å². The van der Waals surface area contributed by atoms with Gasteiger partial charge in [-0.1, -0.05) is 24.3 Å². The standard InChI is InChI=1S/C28H23NO6/c1-3-33-20-15-11-17(12-16-20)24-23-25(30)21-7-5-6-8-22(21)35-26(23)27(31)29(24)19-13-9-18(10-14-19)28(32)34-4-2/h5-16,24H,3-4H2,1-2H3. The van der Waals surface area contributed by atoms with E-state index >= 15 is 0 Å². The van der Waals surface area contributed by atoms with Crippen LogP contribution in [0.2, 0.25) is 0 Å². The van der Waals surface area contributed by atoms with Crippen molar-refractivity contribution in [2.75, 3.05) is 18.1 Å². The molecule has 7 heteroatoms. The molecule has 0 aliphatic carbocycles. The number of nitrogens with zero attached hydrogens (tertiary/aromatic N) is 1. The summed E-state index contributed by atoms with van der Waals surface area (Å²) in [7, 11) is 0. The lowest BCUT2D eigenvalue weighted by atomic mass is 9.98. The zero-order chi connectivity index (χ0) is 24.5. The maximum atomic E-state index is 13.6. The average Bonchev–Trinajstić information content (AvgIpc) is 3.17. The number of ether oxygens (including phenoxy) is 2. The van der Waals surface area contributed by atoms with Crippen LogP contribution in [-0.2, 0) is 4.74 Å². The molecule has 0 spiro atoms. The van der Waals surface area contributed by atoms with E-state index in [0.717, 1.165) is 5.56 Å². The van der Waals surface area contributed by atoms with Crippen LogP contribution in [0.4, 0.5) is 5.69 Å². The number of rotatable bonds is 6. The number of fused-ring (bicyclic) bond motifs is 2. The van der Waals surface area contributed by atoms with Gasteiger partial charge >= 0.3 is 5.97 Å². The molecular formula is C28H23NO6. The summed E-state index contributed by atoms with van der Waals surface area (Å²) >= 11 is 0. The van der Waals surface area contributed by atoms with Crippen LogP contribution in [0.25, 0.3) is 11.0 Å². The zero-order valence-electron chi connectivity index (χ0n) is 19.3. The minimum absolute atomic E-state index is 0.0158. The first-order valence-corrected chi connectivity index (χ1v) is 11.4. The summed E-state index contributed by atoms with van der Waals surface area (Å²) in [5.74, 6) is -0.161. The fourth-order valence-electron chi connectivity index (χ4n) is 4.39. The number of hydrogen-bond donors (Lipinski definition) is 0. The molecule has 3 aromatic carbocycles. The zero-order valence-corrected chi connectivity index (χ0v) is 19.3. The molecule has 1 aromatic heterocycles. The molecule has 7 nitrogen and oxygen atoms in total. The highest BCUT2D eigenvalue weighted by atomic mass is 16.5. The smallest absolute Gasteiger partial charge is 0.338 e. The molecule has 1 atom stereocenters. The minimum atomic E-state index is -0.706. The Labute approximate surface area is 201 Å². The normalized spacial score (nSPS) is 14.7. The van der Waals surface area contributed by atoms with Crippen LogP contribution in [-0.4, -0.2) is 25.1 Å². The van der Waals surface area contributed by atoms with Crippen molar-refractivity contribution < 1.29 is 23.5 Å². The summed E-state index contributed by atoms with van der Waals surface area (Å²) in [6.07, 6.45) is 0. The number of esters is 1. The average molecular weight is 469 g/mol. The fourth-order valence-corrected chi connectivity index (χ4v) is 4.39. The molecule has 0 bridgehead atoms. The summed E-state index contributed by atoms with van der Waals surface area (Å²) < 4.78 is 16.6. The lowest BCUT2D eigenvalue weighted by molar-refractivity contribution is 0.0526. The van der Waals surface area contributed by atoms with Crippen molar-refractivity contribution in [1.29, 1.82) is 0 Å². The van der Waals surface area contributed by atoms with E-state index in [2.05, 4.69) is 0 Å². The van der Waals surface area contributed by atoms with Gasteiger partial charge in [0.2, 0.25) is 5.76 Å². The maximum Gasteiger partial charge on any atom is 0.338 e. The van der Waals surface area contributed by atoms with Gasteiger partial charge in [-0.05, 0) is 67.9 Å². The largest absolute Gasteiger partial charge is 0.494 e. The number of anilines is 1. The summed E-state index contributed by atoms with van der Waals surface area (Å²) in [4.78, 5) is 40.9. The predicted molar refractivity (Wildman–Crippen MR) is 131 cm³/mol. The molecule has 0 fully saturated rings. The van der Waals surface area contributed by atoms with Crippen molar-refractivity contribution in [2.45, 2.75) is 19.9 Å². The number of carbonyl (C=O) groups excluding carboxylic acids is 2. The number of carbonyl (C=O) groups is 2. The molecular weight excluding hydrogens is 446 g/mol. The van der Waals surface area contributed by atoms with Gasteiger partial charge in [-0.3, -0.25) is 14.5 Å². The van der Waals surface area contributed by atoms with Gasteiger partial charge in [-0.25, -0.2) is 4.79 Å². The number of para-hydroxylation sites is 1. The molecule has 5 rings (SSSR count). The van der Waals surface area contributed by atoms with Crippen LogP contribution in [0.3, 0.4) is 0 Å². The third kappa shape index (κ3) is 3.85. The topological polar surface area (TPSA) is 86.0 Å². The van der Waals surface area contributed by atoms with Crippen LogP contribution in [0, 0.1) is 0 Å². The fraction of sp³-hybridized carbons (Fsp3) is 0.179. The number of amides is 1. The molecule has 0 saturated carbocycles. The first kappa shape index (κ1) is 22.4. The summed E-state index contributed by atoms with van der Waals surface area (Å²) in [6.45, 7) is 4.43. The molecule has 0 N–H and O–H groups in total. The van der Waals surface area contributed by atoms with Gasteiger partial charge in [0.15, 0.2) is 5.43 Å². The quantitative estimate of drug-likeness (QED) is 0.365. The third-order valence-electron chi connectivity index (χ3n) is 5.94. The van der Waals surface area contributed by atoms with Crippen molar-refractivity contribution in [3.05, 3.63) is 105 Å². The van der Waals surface area contributed by atoms with E-state index < -0.39 is 17.9 Å². The van der Waals surface area contributed by atoms with Crippen molar-refractivity contribution in [2.24, 2.45) is 0 Å². The highest BCUT2D eigenvalue weighted by Crippen LogP contribution is 2.41. The molecule has 35 heavy (non-hydrogen) atoms. The molecule has 1 aliphatic heterocycles. The van der Waals surface area contributed by atoms with Gasteiger partial charge in [-0.15, -0.1) is 0 Å². The monoisotopic (exact) mass is 469 g/mol. The first-order chi connectivity index (χ1) is 17.0. The third-order valence-corrected chi connectivity index (χ3v) is 5.94. The van der Waals surface area contributed by atoms with Crippen molar-refractivity contribution in [3.8, 4) is 5.75 Å². The van der Waals surface area contributed by atoms with Crippen LogP contribution < -0.4 is 15.1 Å². The summed E-state index contributed by atoms with van der Waals surface area (Å²) in [6, 6.07) is 20.0. The van der Waals surface area contributed by atoms with E-state index in [1.165, 1.54) is 4.90 Å². The van der Waals surface area contributed by atoms with E-state index in [9.17, 15) is 14.4 Å². The van der Waals surface area contributed by atoms with Crippen molar-refractivity contribution >= 4 is 28.5 Å². The minimum Gasteiger partial charge on any atom is -0.494 e. The Balaban J connectivity index is 1.67. The Morgan fingerprint density at radius 2 is 1.63 bits per heavy atom. The van der Waals surface area contributed by atoms with Crippen LogP contribution in [0.1, 0.15) is 51.9 Å². The lowest BCUT2D eigenvalue weighted by Crippen LogP contribution is -2.29. The second-order valence-electron chi connectivity index (χ2n) is 8.02. The Hall–Kier alpha value is -4.39. The maximum absolute atomic E-state index is 13.6. The highest BCUT2D eigenvalue weighted by molar-refractivity contribution is 6.10. The van der Waals surface area contributed by atoms with E-state index in [-0.39, 0.29) is 23.4 Å². The molecule has 1 unspecified atom stereocenters. The lowest BCUT2D eigenvalue weighted by Gasteiger charge is -2.25. The van der Waals surface area contributed by atoms with E-state index in [1.54, 1.807) is 55.5 Å². The molecule has 0 radical (unpaired) electrons. The van der Waals surface area contributed by atoms with Crippen LogP contribution in [0.15, 0.2) is 82.0 Å². The molecule has 2 heterocycles.